The Balaban J connectivity index is 2.10. The third kappa shape index (κ3) is 1.91. The van der Waals surface area contributed by atoms with Crippen molar-refractivity contribution >= 4 is 34.0 Å². The second-order valence-corrected chi connectivity index (χ2v) is 5.52. The van der Waals surface area contributed by atoms with Crippen LogP contribution in [0.4, 0.5) is 0 Å². The average molecular weight is 317 g/mol. The molecule has 4 rings (SSSR count). The zero-order chi connectivity index (χ0) is 16.8. The Morgan fingerprint density at radius 1 is 0.917 bits per heavy atom. The first-order chi connectivity index (χ1) is 11.6. The van der Waals surface area contributed by atoms with Gasteiger partial charge in [0.15, 0.2) is 0 Å². The number of carboxylic acid groups (broad SMARTS) is 1. The smallest absolute Gasteiger partial charge is 0.352 e. The lowest BCUT2D eigenvalue weighted by Crippen LogP contribution is -2.19. The number of aromatic carboxylic acids is 1. The summed E-state index contributed by atoms with van der Waals surface area (Å²) in [6.45, 7) is 0. The SMILES string of the molecule is O=C1C=C(c2c(C(=O)O)[nH]c3ccccc23)c2ccccc2C1=O. The van der Waals surface area contributed by atoms with Crippen LogP contribution in [0, 0.1) is 0 Å². The molecule has 24 heavy (non-hydrogen) atoms. The Morgan fingerprint density at radius 2 is 1.58 bits per heavy atom. The van der Waals surface area contributed by atoms with Gasteiger partial charge >= 0.3 is 5.97 Å². The van der Waals surface area contributed by atoms with Crippen LogP contribution >= 0.6 is 0 Å². The fourth-order valence-corrected chi connectivity index (χ4v) is 3.11. The van der Waals surface area contributed by atoms with Crippen LogP contribution < -0.4 is 0 Å². The van der Waals surface area contributed by atoms with Crippen molar-refractivity contribution in [2.45, 2.75) is 0 Å². The number of nitrogens with one attached hydrogen (secondary N) is 1. The number of Topliss-reactive ketones (excluding diaryl/α,β-unsaturated/α-hetero) is 1. The van der Waals surface area contributed by atoms with E-state index in [2.05, 4.69) is 4.98 Å². The highest BCUT2D eigenvalue weighted by Crippen LogP contribution is 2.36. The van der Waals surface area contributed by atoms with E-state index in [1.807, 2.05) is 0 Å². The summed E-state index contributed by atoms with van der Waals surface area (Å²) in [5.74, 6) is -2.35. The second kappa shape index (κ2) is 5.03. The summed E-state index contributed by atoms with van der Waals surface area (Å²) < 4.78 is 0. The standard InChI is InChI=1S/C19H11NO4/c21-15-9-13(10-5-1-2-6-11(10)18(15)22)16-12-7-3-4-8-14(12)20-17(16)19(23)24/h1-9,20H,(H,23,24). The van der Waals surface area contributed by atoms with Gasteiger partial charge in [0.05, 0.1) is 0 Å². The number of fused-ring (bicyclic) bond motifs is 2. The van der Waals surface area contributed by atoms with Crippen molar-refractivity contribution in [2.75, 3.05) is 0 Å². The molecular formula is C19H11NO4. The van der Waals surface area contributed by atoms with Gasteiger partial charge in [-0.2, -0.15) is 0 Å². The van der Waals surface area contributed by atoms with Gasteiger partial charge in [-0.05, 0) is 23.3 Å². The molecular weight excluding hydrogens is 306 g/mol. The largest absolute Gasteiger partial charge is 0.477 e. The summed E-state index contributed by atoms with van der Waals surface area (Å²) in [5.41, 5.74) is 2.39. The summed E-state index contributed by atoms with van der Waals surface area (Å²) in [6.07, 6.45) is 1.23. The molecule has 0 unspecified atom stereocenters. The first-order valence-corrected chi connectivity index (χ1v) is 7.32. The van der Waals surface area contributed by atoms with E-state index in [1.165, 1.54) is 6.08 Å². The summed E-state index contributed by atoms with van der Waals surface area (Å²) in [7, 11) is 0. The van der Waals surface area contributed by atoms with E-state index in [0.717, 1.165) is 0 Å². The number of carbonyl (C=O) groups is 3. The Hall–Kier alpha value is -3.47. The molecule has 5 nitrogen and oxygen atoms in total. The fraction of sp³-hybridized carbons (Fsp3) is 0. The molecule has 0 spiro atoms. The van der Waals surface area contributed by atoms with Crippen LogP contribution in [0.5, 0.6) is 0 Å². The molecule has 3 aromatic rings. The van der Waals surface area contributed by atoms with E-state index >= 15 is 0 Å². The van der Waals surface area contributed by atoms with Crippen molar-refractivity contribution < 1.29 is 19.5 Å². The summed E-state index contributed by atoms with van der Waals surface area (Å²) in [5, 5.41) is 10.2. The summed E-state index contributed by atoms with van der Waals surface area (Å²) in [6, 6.07) is 13.9. The maximum absolute atomic E-state index is 12.1. The number of rotatable bonds is 2. The minimum Gasteiger partial charge on any atom is -0.477 e. The van der Waals surface area contributed by atoms with Gasteiger partial charge in [0.25, 0.3) is 0 Å². The topological polar surface area (TPSA) is 87.2 Å². The number of aromatic amines is 1. The van der Waals surface area contributed by atoms with Crippen LogP contribution in [0.15, 0.2) is 54.6 Å². The van der Waals surface area contributed by atoms with Gasteiger partial charge in [0, 0.05) is 22.0 Å². The fourth-order valence-electron chi connectivity index (χ4n) is 3.11. The zero-order valence-corrected chi connectivity index (χ0v) is 12.4. The molecule has 2 N–H and O–H groups in total. The van der Waals surface area contributed by atoms with Gasteiger partial charge in [0.1, 0.15) is 5.69 Å². The van der Waals surface area contributed by atoms with Gasteiger partial charge < -0.3 is 10.1 Å². The van der Waals surface area contributed by atoms with Gasteiger partial charge in [-0.15, -0.1) is 0 Å². The maximum Gasteiger partial charge on any atom is 0.352 e. The van der Waals surface area contributed by atoms with E-state index < -0.39 is 17.5 Å². The Labute approximate surface area is 136 Å². The number of H-pyrrole nitrogens is 1. The molecule has 2 aromatic carbocycles. The molecule has 1 heterocycles. The molecule has 0 aliphatic heterocycles. The molecule has 0 fully saturated rings. The average Bonchev–Trinajstić information content (AvgIpc) is 2.98. The van der Waals surface area contributed by atoms with Crippen LogP contribution in [-0.4, -0.2) is 27.6 Å². The number of para-hydroxylation sites is 1. The molecule has 0 radical (unpaired) electrons. The molecule has 0 bridgehead atoms. The summed E-state index contributed by atoms with van der Waals surface area (Å²) >= 11 is 0. The zero-order valence-electron chi connectivity index (χ0n) is 12.4. The normalized spacial score (nSPS) is 13.8. The van der Waals surface area contributed by atoms with Gasteiger partial charge in [-0.25, -0.2) is 4.79 Å². The van der Waals surface area contributed by atoms with Crippen molar-refractivity contribution in [3.63, 3.8) is 0 Å². The van der Waals surface area contributed by atoms with Crippen LogP contribution in [0.25, 0.3) is 16.5 Å². The number of hydrogen-bond donors (Lipinski definition) is 2. The number of ketones is 2. The maximum atomic E-state index is 12.1. The van der Waals surface area contributed by atoms with Crippen molar-refractivity contribution in [1.82, 2.24) is 4.98 Å². The Morgan fingerprint density at radius 3 is 2.33 bits per heavy atom. The minimum absolute atomic E-state index is 0.000554. The monoisotopic (exact) mass is 317 g/mol. The first-order valence-electron chi connectivity index (χ1n) is 7.32. The summed E-state index contributed by atoms with van der Waals surface area (Å²) in [4.78, 5) is 38.8. The van der Waals surface area contributed by atoms with E-state index in [1.54, 1.807) is 48.5 Å². The lowest BCUT2D eigenvalue weighted by Gasteiger charge is -2.16. The number of carbonyl (C=O) groups excluding carboxylic acids is 2. The lowest BCUT2D eigenvalue weighted by molar-refractivity contribution is -0.111. The number of carboxylic acids is 1. The lowest BCUT2D eigenvalue weighted by atomic mass is 9.84. The highest BCUT2D eigenvalue weighted by atomic mass is 16.4. The van der Waals surface area contributed by atoms with Gasteiger partial charge in [-0.1, -0.05) is 42.5 Å². The molecule has 1 aliphatic carbocycles. The second-order valence-electron chi connectivity index (χ2n) is 5.52. The van der Waals surface area contributed by atoms with E-state index in [4.69, 9.17) is 0 Å². The number of benzene rings is 2. The Bertz CT molecular complexity index is 1070. The molecule has 116 valence electrons. The van der Waals surface area contributed by atoms with Crippen LogP contribution in [0.3, 0.4) is 0 Å². The predicted octanol–water partition coefficient (Wildman–Crippen LogP) is 3.06. The molecule has 1 aromatic heterocycles. The molecule has 0 amide bonds. The van der Waals surface area contributed by atoms with Crippen LogP contribution in [-0.2, 0) is 4.79 Å². The highest BCUT2D eigenvalue weighted by Gasteiger charge is 2.30. The predicted molar refractivity (Wildman–Crippen MR) is 88.1 cm³/mol. The first kappa shape index (κ1) is 14.1. The van der Waals surface area contributed by atoms with Crippen molar-refractivity contribution in [3.8, 4) is 0 Å². The Kier molecular flexibility index (Phi) is 2.96. The van der Waals surface area contributed by atoms with Gasteiger partial charge in [0.2, 0.25) is 11.6 Å². The van der Waals surface area contributed by atoms with Gasteiger partial charge in [-0.3, -0.25) is 9.59 Å². The number of allylic oxidation sites excluding steroid dienone is 1. The number of aromatic nitrogens is 1. The van der Waals surface area contributed by atoms with Crippen molar-refractivity contribution in [2.24, 2.45) is 0 Å². The van der Waals surface area contributed by atoms with Crippen LogP contribution in [0.1, 0.15) is 32.0 Å². The quantitative estimate of drug-likeness (QED) is 0.711. The van der Waals surface area contributed by atoms with E-state index in [0.29, 0.717) is 33.2 Å². The van der Waals surface area contributed by atoms with Crippen molar-refractivity contribution in [3.05, 3.63) is 77.0 Å². The molecule has 1 aliphatic rings. The number of hydrogen-bond acceptors (Lipinski definition) is 3. The molecule has 0 saturated carbocycles. The molecule has 5 heteroatoms. The van der Waals surface area contributed by atoms with E-state index in [9.17, 15) is 19.5 Å². The third-order valence-electron chi connectivity index (χ3n) is 4.15. The minimum atomic E-state index is -1.12. The molecule has 0 saturated heterocycles. The highest BCUT2D eigenvalue weighted by molar-refractivity contribution is 6.51. The third-order valence-corrected chi connectivity index (χ3v) is 4.15. The van der Waals surface area contributed by atoms with Crippen molar-refractivity contribution in [1.29, 1.82) is 0 Å². The molecule has 0 atom stereocenters. The van der Waals surface area contributed by atoms with Crippen LogP contribution in [0.2, 0.25) is 0 Å². The van der Waals surface area contributed by atoms with E-state index in [-0.39, 0.29) is 5.69 Å².